The van der Waals surface area contributed by atoms with Crippen molar-refractivity contribution in [2.24, 2.45) is 5.92 Å². The summed E-state index contributed by atoms with van der Waals surface area (Å²) >= 11 is 5.96. The van der Waals surface area contributed by atoms with Crippen molar-refractivity contribution < 1.29 is 44.3 Å². The van der Waals surface area contributed by atoms with Crippen molar-refractivity contribution in [1.82, 2.24) is 4.31 Å². The molecule has 0 spiro atoms. The Morgan fingerprint density at radius 2 is 1.69 bits per heavy atom. The normalized spacial score (nSPS) is 17.6. The summed E-state index contributed by atoms with van der Waals surface area (Å²) in [4.78, 5) is 12.6. The number of rotatable bonds is 6. The molecular weight excluding hydrogens is 538 g/mol. The molecular formula is C22H21ClF6N2O4S. The van der Waals surface area contributed by atoms with Gasteiger partial charge in [-0.3, -0.25) is 4.79 Å². The molecule has 198 valence electrons. The smallest absolute Gasteiger partial charge is 0.416 e. The van der Waals surface area contributed by atoms with Gasteiger partial charge >= 0.3 is 12.4 Å². The predicted molar refractivity (Wildman–Crippen MR) is 119 cm³/mol. The van der Waals surface area contributed by atoms with Crippen LogP contribution in [-0.2, 0) is 27.2 Å². The number of ether oxygens (including phenoxy) is 1. The molecule has 36 heavy (non-hydrogen) atoms. The number of anilines is 1. The molecule has 0 radical (unpaired) electrons. The van der Waals surface area contributed by atoms with Gasteiger partial charge in [0.25, 0.3) is 0 Å². The van der Waals surface area contributed by atoms with Crippen molar-refractivity contribution >= 4 is 33.2 Å². The van der Waals surface area contributed by atoms with E-state index in [2.05, 4.69) is 5.32 Å². The van der Waals surface area contributed by atoms with Crippen LogP contribution in [0.5, 0.6) is 5.75 Å². The van der Waals surface area contributed by atoms with Crippen molar-refractivity contribution in [3.05, 3.63) is 52.5 Å². The summed E-state index contributed by atoms with van der Waals surface area (Å²) in [5.74, 6) is -1.87. The molecule has 2 aromatic rings. The minimum absolute atomic E-state index is 0.0476. The lowest BCUT2D eigenvalue weighted by atomic mass is 9.98. The second-order valence-electron chi connectivity index (χ2n) is 8.01. The Kier molecular flexibility index (Phi) is 8.16. The highest BCUT2D eigenvalue weighted by Gasteiger charge is 2.38. The highest BCUT2D eigenvalue weighted by molar-refractivity contribution is 7.89. The zero-order valence-electron chi connectivity index (χ0n) is 18.7. The van der Waals surface area contributed by atoms with Crippen LogP contribution in [0.4, 0.5) is 32.0 Å². The maximum atomic E-state index is 13.3. The first-order valence-corrected chi connectivity index (χ1v) is 12.5. The molecule has 1 aliphatic rings. The second-order valence-corrected chi connectivity index (χ2v) is 10.4. The molecule has 1 heterocycles. The van der Waals surface area contributed by atoms with Crippen LogP contribution in [0.15, 0.2) is 41.3 Å². The molecule has 0 aliphatic carbocycles. The zero-order valence-corrected chi connectivity index (χ0v) is 20.3. The molecule has 1 N–H and O–H groups in total. The fourth-order valence-electron chi connectivity index (χ4n) is 3.74. The molecule has 6 nitrogen and oxygen atoms in total. The molecule has 14 heteroatoms. The number of alkyl halides is 6. The number of nitrogens with zero attached hydrogens (tertiary/aromatic N) is 1. The number of piperidine rings is 1. The molecule has 1 saturated heterocycles. The monoisotopic (exact) mass is 558 g/mol. The van der Waals surface area contributed by atoms with E-state index in [4.69, 9.17) is 16.3 Å². The van der Waals surface area contributed by atoms with Gasteiger partial charge in [-0.05, 0) is 56.2 Å². The molecule has 0 aromatic heterocycles. The number of halogens is 7. The third-order valence-corrected chi connectivity index (χ3v) is 7.55. The van der Waals surface area contributed by atoms with E-state index in [9.17, 15) is 39.6 Å². The molecule has 1 aliphatic heterocycles. The van der Waals surface area contributed by atoms with Gasteiger partial charge in [0.2, 0.25) is 15.9 Å². The van der Waals surface area contributed by atoms with E-state index in [0.717, 1.165) is 4.31 Å². The quantitative estimate of drug-likeness (QED) is 0.454. The highest BCUT2D eigenvalue weighted by Crippen LogP contribution is 2.38. The van der Waals surface area contributed by atoms with Gasteiger partial charge in [0.05, 0.1) is 23.7 Å². The average Bonchev–Trinajstić information content (AvgIpc) is 2.79. The first-order valence-electron chi connectivity index (χ1n) is 10.7. The Morgan fingerprint density at radius 1 is 1.08 bits per heavy atom. The predicted octanol–water partition coefficient (Wildman–Crippen LogP) is 5.82. The van der Waals surface area contributed by atoms with Gasteiger partial charge < -0.3 is 10.1 Å². The van der Waals surface area contributed by atoms with Crippen LogP contribution in [0, 0.1) is 5.92 Å². The van der Waals surface area contributed by atoms with E-state index in [0.29, 0.717) is 12.1 Å². The lowest BCUT2D eigenvalue weighted by Crippen LogP contribution is -2.43. The van der Waals surface area contributed by atoms with E-state index in [-0.39, 0.29) is 54.3 Å². The van der Waals surface area contributed by atoms with E-state index in [1.54, 1.807) is 6.92 Å². The van der Waals surface area contributed by atoms with Gasteiger partial charge in [-0.2, -0.15) is 30.6 Å². The highest BCUT2D eigenvalue weighted by atomic mass is 35.5. The number of hydrogen-bond acceptors (Lipinski definition) is 4. The standard InChI is InChI=1S/C22H21ClF6N2O4S/c1-2-35-18-6-5-16(23)11-19(18)36(33,34)31-7-3-4-13(12-31)20(32)30-17-9-14(21(24,25)26)8-15(10-17)22(27,28)29/h5-6,8-11,13H,2-4,7,12H2,1H3,(H,30,32). The third-order valence-electron chi connectivity index (χ3n) is 5.43. The van der Waals surface area contributed by atoms with Crippen LogP contribution < -0.4 is 10.1 Å². The number of nitrogens with one attached hydrogen (secondary N) is 1. The second kappa shape index (κ2) is 10.5. The summed E-state index contributed by atoms with van der Waals surface area (Å²) in [5, 5.41) is 2.22. The molecule has 3 rings (SSSR count). The van der Waals surface area contributed by atoms with E-state index < -0.39 is 51.0 Å². The minimum Gasteiger partial charge on any atom is -0.492 e. The first kappa shape index (κ1) is 28.1. The summed E-state index contributed by atoms with van der Waals surface area (Å²) in [5.41, 5.74) is -3.86. The molecule has 0 bridgehead atoms. The third kappa shape index (κ3) is 6.43. The van der Waals surface area contributed by atoms with E-state index in [1.807, 2.05) is 0 Å². The topological polar surface area (TPSA) is 75.7 Å². The Hall–Kier alpha value is -2.51. The number of sulfonamides is 1. The number of carbonyl (C=O) groups excluding carboxylic acids is 1. The van der Waals surface area contributed by atoms with Crippen LogP contribution in [0.2, 0.25) is 5.02 Å². The van der Waals surface area contributed by atoms with Gasteiger partial charge in [-0.1, -0.05) is 11.6 Å². The summed E-state index contributed by atoms with van der Waals surface area (Å²) < 4.78 is 112. The van der Waals surface area contributed by atoms with Crippen molar-refractivity contribution in [2.75, 3.05) is 25.0 Å². The van der Waals surface area contributed by atoms with Crippen molar-refractivity contribution in [2.45, 2.75) is 37.0 Å². The molecule has 1 fully saturated rings. The Morgan fingerprint density at radius 3 is 2.25 bits per heavy atom. The largest absolute Gasteiger partial charge is 0.492 e. The van der Waals surface area contributed by atoms with E-state index >= 15 is 0 Å². The minimum atomic E-state index is -5.08. The molecule has 0 saturated carbocycles. The van der Waals surface area contributed by atoms with Gasteiger partial charge in [-0.25, -0.2) is 8.42 Å². The van der Waals surface area contributed by atoms with Crippen LogP contribution in [-0.4, -0.2) is 38.3 Å². The van der Waals surface area contributed by atoms with Crippen LogP contribution in [0.1, 0.15) is 30.9 Å². The fraction of sp³-hybridized carbons (Fsp3) is 0.409. The van der Waals surface area contributed by atoms with Gasteiger partial charge in [0.15, 0.2) is 0 Å². The van der Waals surface area contributed by atoms with Crippen molar-refractivity contribution in [1.29, 1.82) is 0 Å². The van der Waals surface area contributed by atoms with Crippen molar-refractivity contribution in [3.8, 4) is 5.75 Å². The fourth-order valence-corrected chi connectivity index (χ4v) is 5.66. The van der Waals surface area contributed by atoms with Crippen molar-refractivity contribution in [3.63, 3.8) is 0 Å². The van der Waals surface area contributed by atoms with Crippen LogP contribution in [0.25, 0.3) is 0 Å². The zero-order chi connectivity index (χ0) is 26.9. The molecule has 1 amide bonds. The SMILES string of the molecule is CCOc1ccc(Cl)cc1S(=O)(=O)N1CCCC(C(=O)Nc2cc(C(F)(F)F)cc(C(F)(F)F)c2)C1. The molecule has 2 aromatic carbocycles. The average molecular weight is 559 g/mol. The summed E-state index contributed by atoms with van der Waals surface area (Å²) in [6.07, 6.45) is -9.74. The summed E-state index contributed by atoms with van der Waals surface area (Å²) in [6, 6.07) is 4.77. The van der Waals surface area contributed by atoms with E-state index in [1.165, 1.54) is 18.2 Å². The summed E-state index contributed by atoms with van der Waals surface area (Å²) in [6.45, 7) is 1.54. The Balaban J connectivity index is 1.85. The first-order chi connectivity index (χ1) is 16.6. The number of amides is 1. The number of benzene rings is 2. The maximum absolute atomic E-state index is 13.3. The Labute approximate surface area is 208 Å². The number of carbonyl (C=O) groups is 1. The maximum Gasteiger partial charge on any atom is 0.416 e. The number of hydrogen-bond donors (Lipinski definition) is 1. The van der Waals surface area contributed by atoms with Gasteiger partial charge in [0.1, 0.15) is 10.6 Å². The molecule has 1 atom stereocenters. The molecule has 1 unspecified atom stereocenters. The Bertz CT molecular complexity index is 1200. The summed E-state index contributed by atoms with van der Waals surface area (Å²) in [7, 11) is -4.18. The lowest BCUT2D eigenvalue weighted by molar-refractivity contribution is -0.143. The lowest BCUT2D eigenvalue weighted by Gasteiger charge is -2.31. The van der Waals surface area contributed by atoms with Crippen LogP contribution >= 0.6 is 11.6 Å². The van der Waals surface area contributed by atoms with Gasteiger partial charge in [0, 0.05) is 23.8 Å². The van der Waals surface area contributed by atoms with Crippen LogP contribution in [0.3, 0.4) is 0 Å². The van der Waals surface area contributed by atoms with Gasteiger partial charge in [-0.15, -0.1) is 0 Å².